The van der Waals surface area contributed by atoms with E-state index in [9.17, 15) is 4.79 Å². The maximum Gasteiger partial charge on any atom is 0.255 e. The van der Waals surface area contributed by atoms with E-state index >= 15 is 0 Å². The molecule has 7 nitrogen and oxygen atoms in total. The largest absolute Gasteiger partial charge is 0.353 e. The van der Waals surface area contributed by atoms with E-state index in [1.165, 1.54) is 6.33 Å². The summed E-state index contributed by atoms with van der Waals surface area (Å²) in [7, 11) is 0. The van der Waals surface area contributed by atoms with Gasteiger partial charge in [0.15, 0.2) is 0 Å². The molecule has 128 valence electrons. The average Bonchev–Trinajstić information content (AvgIpc) is 3.09. The predicted octanol–water partition coefficient (Wildman–Crippen LogP) is 2.05. The first-order valence-corrected chi connectivity index (χ1v) is 8.47. The summed E-state index contributed by atoms with van der Waals surface area (Å²) in [6.45, 7) is 4.63. The Labute approximate surface area is 149 Å². The number of hydrogen-bond donors (Lipinski definition) is 0. The van der Waals surface area contributed by atoms with E-state index in [0.29, 0.717) is 42.5 Å². The third kappa shape index (κ3) is 2.91. The molecule has 1 amide bonds. The van der Waals surface area contributed by atoms with Crippen LogP contribution in [0.3, 0.4) is 0 Å². The molecule has 8 heteroatoms. The molecule has 0 N–H and O–H groups in total. The summed E-state index contributed by atoms with van der Waals surface area (Å²) in [5, 5.41) is 4.74. The Morgan fingerprint density at radius 2 is 1.92 bits per heavy atom. The van der Waals surface area contributed by atoms with Crippen molar-refractivity contribution in [3.05, 3.63) is 52.9 Å². The maximum absolute atomic E-state index is 12.7. The second kappa shape index (κ2) is 6.33. The van der Waals surface area contributed by atoms with Crippen LogP contribution in [-0.4, -0.2) is 56.6 Å². The standard InChI is InChI=1S/C17H17ClN6O/c1-12-10-15(24-17(21-12)19-11-20-24)22-6-8-23(9-7-22)16(25)13-4-2-3-5-14(13)18/h2-5,10-11H,6-9H2,1H3. The van der Waals surface area contributed by atoms with Crippen molar-refractivity contribution < 1.29 is 4.79 Å². The smallest absolute Gasteiger partial charge is 0.255 e. The number of rotatable bonds is 2. The molecule has 1 aromatic carbocycles. The zero-order chi connectivity index (χ0) is 17.4. The van der Waals surface area contributed by atoms with Gasteiger partial charge in [-0.1, -0.05) is 23.7 Å². The van der Waals surface area contributed by atoms with Crippen LogP contribution in [-0.2, 0) is 0 Å². The van der Waals surface area contributed by atoms with Crippen LogP contribution in [0.2, 0.25) is 5.02 Å². The summed E-state index contributed by atoms with van der Waals surface area (Å²) in [6.07, 6.45) is 1.50. The molecule has 1 fully saturated rings. The molecule has 1 aliphatic heterocycles. The average molecular weight is 357 g/mol. The van der Waals surface area contributed by atoms with Crippen molar-refractivity contribution in [1.82, 2.24) is 24.5 Å². The Bertz CT molecular complexity index is 932. The number of halogens is 1. The van der Waals surface area contributed by atoms with Crippen LogP contribution in [0.1, 0.15) is 16.1 Å². The van der Waals surface area contributed by atoms with Gasteiger partial charge in [0.25, 0.3) is 11.7 Å². The fourth-order valence-electron chi connectivity index (χ4n) is 3.08. The Morgan fingerprint density at radius 1 is 1.16 bits per heavy atom. The first-order chi connectivity index (χ1) is 12.1. The van der Waals surface area contributed by atoms with Gasteiger partial charge in [0.2, 0.25) is 0 Å². The van der Waals surface area contributed by atoms with Gasteiger partial charge in [-0.25, -0.2) is 4.98 Å². The summed E-state index contributed by atoms with van der Waals surface area (Å²) in [5.41, 5.74) is 1.45. The normalized spacial score (nSPS) is 15.0. The highest BCUT2D eigenvalue weighted by atomic mass is 35.5. The molecule has 0 aliphatic carbocycles. The molecule has 3 aromatic rings. The second-order valence-corrected chi connectivity index (χ2v) is 6.39. The molecule has 0 radical (unpaired) electrons. The summed E-state index contributed by atoms with van der Waals surface area (Å²) >= 11 is 6.15. The molecule has 25 heavy (non-hydrogen) atoms. The summed E-state index contributed by atoms with van der Waals surface area (Å²) in [4.78, 5) is 25.2. The van der Waals surface area contributed by atoms with E-state index in [-0.39, 0.29) is 5.91 Å². The predicted molar refractivity (Wildman–Crippen MR) is 95.1 cm³/mol. The van der Waals surface area contributed by atoms with Gasteiger partial charge in [0, 0.05) is 37.9 Å². The summed E-state index contributed by atoms with van der Waals surface area (Å²) in [6, 6.07) is 9.16. The molecule has 2 aromatic heterocycles. The number of anilines is 1. The quantitative estimate of drug-likeness (QED) is 0.703. The van der Waals surface area contributed by atoms with E-state index in [1.54, 1.807) is 16.6 Å². The number of nitrogens with zero attached hydrogens (tertiary/aromatic N) is 6. The lowest BCUT2D eigenvalue weighted by atomic mass is 10.2. The Kier molecular flexibility index (Phi) is 4.01. The fraction of sp³-hybridized carbons (Fsp3) is 0.294. The fourth-order valence-corrected chi connectivity index (χ4v) is 3.30. The lowest BCUT2D eigenvalue weighted by molar-refractivity contribution is 0.0746. The number of benzene rings is 1. The molecule has 0 unspecified atom stereocenters. The van der Waals surface area contributed by atoms with E-state index in [4.69, 9.17) is 11.6 Å². The first-order valence-electron chi connectivity index (χ1n) is 8.09. The van der Waals surface area contributed by atoms with Gasteiger partial charge in [-0.3, -0.25) is 4.79 Å². The van der Waals surface area contributed by atoms with E-state index in [0.717, 1.165) is 11.5 Å². The number of hydrogen-bond acceptors (Lipinski definition) is 5. The van der Waals surface area contributed by atoms with Gasteiger partial charge in [-0.15, -0.1) is 0 Å². The number of amides is 1. The van der Waals surface area contributed by atoms with Crippen LogP contribution in [0.15, 0.2) is 36.7 Å². The van der Waals surface area contributed by atoms with Crippen molar-refractivity contribution in [1.29, 1.82) is 0 Å². The molecular formula is C17H17ClN6O. The van der Waals surface area contributed by atoms with Gasteiger partial charge in [-0.05, 0) is 19.1 Å². The highest BCUT2D eigenvalue weighted by Gasteiger charge is 2.25. The Morgan fingerprint density at radius 3 is 2.68 bits per heavy atom. The van der Waals surface area contributed by atoms with Crippen LogP contribution in [0.4, 0.5) is 5.82 Å². The highest BCUT2D eigenvalue weighted by molar-refractivity contribution is 6.33. The lowest BCUT2D eigenvalue weighted by Gasteiger charge is -2.36. The minimum atomic E-state index is -0.0259. The van der Waals surface area contributed by atoms with Gasteiger partial charge in [0.1, 0.15) is 12.1 Å². The molecular weight excluding hydrogens is 340 g/mol. The molecule has 0 atom stereocenters. The zero-order valence-electron chi connectivity index (χ0n) is 13.8. The Hall–Kier alpha value is -2.67. The third-order valence-electron chi connectivity index (χ3n) is 4.36. The minimum Gasteiger partial charge on any atom is -0.353 e. The van der Waals surface area contributed by atoms with Crippen molar-refractivity contribution in [3.63, 3.8) is 0 Å². The lowest BCUT2D eigenvalue weighted by Crippen LogP contribution is -2.49. The van der Waals surface area contributed by atoms with Crippen molar-refractivity contribution in [3.8, 4) is 0 Å². The maximum atomic E-state index is 12.7. The molecule has 3 heterocycles. The van der Waals surface area contributed by atoms with Crippen molar-refractivity contribution in [2.45, 2.75) is 6.92 Å². The minimum absolute atomic E-state index is 0.0259. The van der Waals surface area contributed by atoms with Crippen LogP contribution < -0.4 is 4.90 Å². The molecule has 0 saturated carbocycles. The molecule has 0 spiro atoms. The van der Waals surface area contributed by atoms with Crippen LogP contribution in [0.5, 0.6) is 0 Å². The van der Waals surface area contributed by atoms with Crippen LogP contribution in [0.25, 0.3) is 5.78 Å². The van der Waals surface area contributed by atoms with Crippen molar-refractivity contribution in [2.24, 2.45) is 0 Å². The third-order valence-corrected chi connectivity index (χ3v) is 4.69. The molecule has 4 rings (SSSR count). The van der Waals surface area contributed by atoms with Gasteiger partial charge < -0.3 is 9.80 Å². The zero-order valence-corrected chi connectivity index (χ0v) is 14.5. The van der Waals surface area contributed by atoms with Crippen LogP contribution in [0, 0.1) is 6.92 Å². The Balaban J connectivity index is 1.52. The van der Waals surface area contributed by atoms with E-state index < -0.39 is 0 Å². The van der Waals surface area contributed by atoms with Crippen LogP contribution >= 0.6 is 11.6 Å². The second-order valence-electron chi connectivity index (χ2n) is 5.99. The SMILES string of the molecule is Cc1cc(N2CCN(C(=O)c3ccccc3Cl)CC2)n2ncnc2n1. The number of fused-ring (bicyclic) bond motifs is 1. The first kappa shape index (κ1) is 15.8. The van der Waals surface area contributed by atoms with Gasteiger partial charge in [-0.2, -0.15) is 14.6 Å². The number of carbonyl (C=O) groups excluding carboxylic acids is 1. The number of aromatic nitrogens is 4. The molecule has 1 aliphatic rings. The number of carbonyl (C=O) groups is 1. The van der Waals surface area contributed by atoms with Gasteiger partial charge >= 0.3 is 0 Å². The van der Waals surface area contributed by atoms with Crippen molar-refractivity contribution >= 4 is 29.1 Å². The monoisotopic (exact) mass is 356 g/mol. The molecule has 0 bridgehead atoms. The number of aryl methyl sites for hydroxylation is 1. The topological polar surface area (TPSA) is 66.6 Å². The molecule has 1 saturated heterocycles. The van der Waals surface area contributed by atoms with E-state index in [2.05, 4.69) is 20.0 Å². The van der Waals surface area contributed by atoms with Crippen molar-refractivity contribution in [2.75, 3.05) is 31.1 Å². The van der Waals surface area contributed by atoms with E-state index in [1.807, 2.05) is 30.0 Å². The number of piperazine rings is 1. The summed E-state index contributed by atoms with van der Waals surface area (Å²) < 4.78 is 1.73. The summed E-state index contributed by atoms with van der Waals surface area (Å²) in [5.74, 6) is 1.51. The highest BCUT2D eigenvalue weighted by Crippen LogP contribution is 2.21. The van der Waals surface area contributed by atoms with Gasteiger partial charge in [0.05, 0.1) is 10.6 Å².